The minimum absolute atomic E-state index is 0.132. The average Bonchev–Trinajstić information content (AvgIpc) is 2.80. The van der Waals surface area contributed by atoms with E-state index in [2.05, 4.69) is 20.9 Å². The molecule has 8 heteroatoms. The van der Waals surface area contributed by atoms with Gasteiger partial charge >= 0.3 is 5.97 Å². The van der Waals surface area contributed by atoms with Gasteiger partial charge in [-0.15, -0.1) is 10.6 Å². The summed E-state index contributed by atoms with van der Waals surface area (Å²) in [5.41, 5.74) is 4.28. The van der Waals surface area contributed by atoms with E-state index in [0.717, 1.165) is 0 Å². The van der Waals surface area contributed by atoms with Gasteiger partial charge in [-0.3, -0.25) is 5.01 Å². The molecule has 0 fully saturated rings. The summed E-state index contributed by atoms with van der Waals surface area (Å²) in [7, 11) is 1.31. The van der Waals surface area contributed by atoms with Gasteiger partial charge < -0.3 is 9.47 Å². The van der Waals surface area contributed by atoms with Gasteiger partial charge in [0.05, 0.1) is 26.1 Å². The molecule has 0 aromatic carbocycles. The van der Waals surface area contributed by atoms with Gasteiger partial charge in [0.1, 0.15) is 6.61 Å². The number of amidine groups is 1. The molecule has 1 aliphatic heterocycles. The summed E-state index contributed by atoms with van der Waals surface area (Å²) >= 11 is 0. The standard InChI is InChI=1S/C10H17N5O3/c1-10(2,9(16)17-3)18-7-8-12-13-14-15(8)6-4-5-11/h13-14H,4,6-7H2,1-3H3. The summed E-state index contributed by atoms with van der Waals surface area (Å²) < 4.78 is 10.1. The maximum absolute atomic E-state index is 11.4. The van der Waals surface area contributed by atoms with Gasteiger partial charge in [0.15, 0.2) is 11.4 Å². The van der Waals surface area contributed by atoms with Crippen molar-refractivity contribution in [3.8, 4) is 6.07 Å². The number of esters is 1. The lowest BCUT2D eigenvalue weighted by Gasteiger charge is -2.24. The fourth-order valence-electron chi connectivity index (χ4n) is 1.28. The zero-order valence-electron chi connectivity index (χ0n) is 10.7. The lowest BCUT2D eigenvalue weighted by atomic mass is 10.1. The number of hydrazine groups is 2. The molecule has 0 aromatic heterocycles. The highest BCUT2D eigenvalue weighted by atomic mass is 16.6. The third-order valence-corrected chi connectivity index (χ3v) is 2.37. The Balaban J connectivity index is 2.48. The smallest absolute Gasteiger partial charge is 0.337 e. The van der Waals surface area contributed by atoms with Crippen molar-refractivity contribution in [3.63, 3.8) is 0 Å². The molecule has 1 rings (SSSR count). The Bertz CT molecular complexity index is 374. The molecular weight excluding hydrogens is 238 g/mol. The van der Waals surface area contributed by atoms with Crippen molar-refractivity contribution in [2.75, 3.05) is 20.3 Å². The second kappa shape index (κ2) is 6.18. The fourth-order valence-corrected chi connectivity index (χ4v) is 1.28. The Hall–Kier alpha value is -1.85. The Labute approximate surface area is 105 Å². The van der Waals surface area contributed by atoms with E-state index in [0.29, 0.717) is 18.8 Å². The number of methoxy groups -OCH3 is 1. The van der Waals surface area contributed by atoms with Crippen molar-refractivity contribution < 1.29 is 14.3 Å². The first-order valence-corrected chi connectivity index (χ1v) is 5.45. The lowest BCUT2D eigenvalue weighted by molar-refractivity contribution is -0.163. The number of rotatable bonds is 6. The van der Waals surface area contributed by atoms with Gasteiger partial charge in [0.25, 0.3) is 0 Å². The minimum Gasteiger partial charge on any atom is -0.467 e. The van der Waals surface area contributed by atoms with E-state index in [1.165, 1.54) is 7.11 Å². The number of hydrazone groups is 1. The summed E-state index contributed by atoms with van der Waals surface area (Å²) in [5, 5.41) is 14.1. The third-order valence-electron chi connectivity index (χ3n) is 2.37. The number of nitriles is 1. The van der Waals surface area contributed by atoms with Crippen LogP contribution in [0.5, 0.6) is 0 Å². The zero-order valence-corrected chi connectivity index (χ0v) is 10.7. The molecule has 0 atom stereocenters. The van der Waals surface area contributed by atoms with Crippen molar-refractivity contribution in [2.24, 2.45) is 5.10 Å². The van der Waals surface area contributed by atoms with E-state index in [9.17, 15) is 4.79 Å². The molecule has 0 aromatic rings. The predicted octanol–water partition coefficient (Wildman–Crippen LogP) is -0.493. The third kappa shape index (κ3) is 3.58. The van der Waals surface area contributed by atoms with E-state index >= 15 is 0 Å². The number of nitrogens with one attached hydrogen (secondary N) is 2. The van der Waals surface area contributed by atoms with Crippen LogP contribution in [-0.4, -0.2) is 42.7 Å². The maximum atomic E-state index is 11.4. The molecule has 0 saturated heterocycles. The fraction of sp³-hybridized carbons (Fsp3) is 0.700. The quantitative estimate of drug-likeness (QED) is 0.617. The zero-order chi connectivity index (χ0) is 13.6. The summed E-state index contributed by atoms with van der Waals surface area (Å²) in [6.07, 6.45) is 0.355. The highest BCUT2D eigenvalue weighted by molar-refractivity contribution is 5.84. The SMILES string of the molecule is COC(=O)C(C)(C)OCC1=NNNN1CCC#N. The van der Waals surface area contributed by atoms with Gasteiger partial charge in [0, 0.05) is 0 Å². The first-order chi connectivity index (χ1) is 8.51. The predicted molar refractivity (Wildman–Crippen MR) is 62.7 cm³/mol. The minimum atomic E-state index is -1.04. The number of carbonyl (C=O) groups excluding carboxylic acids is 1. The van der Waals surface area contributed by atoms with Crippen molar-refractivity contribution in [1.82, 2.24) is 16.1 Å². The van der Waals surface area contributed by atoms with Gasteiger partial charge in [-0.05, 0) is 13.8 Å². The van der Waals surface area contributed by atoms with Gasteiger partial charge in [0.2, 0.25) is 0 Å². The Kier molecular flexibility index (Phi) is 4.88. The van der Waals surface area contributed by atoms with Crippen LogP contribution in [-0.2, 0) is 14.3 Å². The van der Waals surface area contributed by atoms with Crippen molar-refractivity contribution in [2.45, 2.75) is 25.9 Å². The number of nitrogens with zero attached hydrogens (tertiary/aromatic N) is 3. The molecule has 18 heavy (non-hydrogen) atoms. The van der Waals surface area contributed by atoms with E-state index in [-0.39, 0.29) is 6.61 Å². The molecule has 0 unspecified atom stereocenters. The lowest BCUT2D eigenvalue weighted by Crippen LogP contribution is -2.45. The molecule has 1 aliphatic rings. The van der Waals surface area contributed by atoms with Crippen LogP contribution in [0.25, 0.3) is 0 Å². The van der Waals surface area contributed by atoms with Crippen LogP contribution in [0.2, 0.25) is 0 Å². The average molecular weight is 255 g/mol. The van der Waals surface area contributed by atoms with Crippen LogP contribution >= 0.6 is 0 Å². The number of carbonyl (C=O) groups is 1. The number of hydrogen-bond acceptors (Lipinski definition) is 8. The highest BCUT2D eigenvalue weighted by Crippen LogP contribution is 2.11. The first-order valence-electron chi connectivity index (χ1n) is 5.45. The van der Waals surface area contributed by atoms with Crippen LogP contribution in [0.4, 0.5) is 0 Å². The molecule has 100 valence electrons. The van der Waals surface area contributed by atoms with E-state index in [4.69, 9.17) is 10.00 Å². The summed E-state index contributed by atoms with van der Waals surface area (Å²) in [6.45, 7) is 3.85. The molecule has 2 N–H and O–H groups in total. The van der Waals surface area contributed by atoms with Crippen molar-refractivity contribution in [1.29, 1.82) is 5.26 Å². The molecule has 0 saturated carbocycles. The van der Waals surface area contributed by atoms with Crippen LogP contribution in [0.1, 0.15) is 20.3 Å². The molecule has 0 amide bonds. The monoisotopic (exact) mass is 255 g/mol. The van der Waals surface area contributed by atoms with Crippen LogP contribution < -0.4 is 11.1 Å². The maximum Gasteiger partial charge on any atom is 0.337 e. The van der Waals surface area contributed by atoms with Gasteiger partial charge in [-0.2, -0.15) is 5.26 Å². The topological polar surface area (TPSA) is 99.0 Å². The molecule has 0 radical (unpaired) electrons. The molecule has 0 bridgehead atoms. The summed E-state index contributed by atoms with van der Waals surface area (Å²) in [4.78, 5) is 11.4. The van der Waals surface area contributed by atoms with Crippen molar-refractivity contribution in [3.05, 3.63) is 0 Å². The van der Waals surface area contributed by atoms with Gasteiger partial charge in [-0.1, -0.05) is 0 Å². The van der Waals surface area contributed by atoms with Crippen LogP contribution in [0.3, 0.4) is 0 Å². The highest BCUT2D eigenvalue weighted by Gasteiger charge is 2.31. The van der Waals surface area contributed by atoms with Crippen molar-refractivity contribution >= 4 is 11.8 Å². The summed E-state index contributed by atoms with van der Waals surface area (Å²) in [6, 6.07) is 2.04. The van der Waals surface area contributed by atoms with E-state index < -0.39 is 11.6 Å². The number of hydrogen-bond donors (Lipinski definition) is 2. The van der Waals surface area contributed by atoms with Crippen LogP contribution in [0.15, 0.2) is 5.10 Å². The number of ether oxygens (including phenoxy) is 2. The van der Waals surface area contributed by atoms with E-state index in [1.807, 2.05) is 6.07 Å². The van der Waals surface area contributed by atoms with Crippen LogP contribution in [0, 0.1) is 11.3 Å². The second-order valence-electron chi connectivity index (χ2n) is 4.10. The van der Waals surface area contributed by atoms with Gasteiger partial charge in [-0.25, -0.2) is 10.3 Å². The molecule has 0 spiro atoms. The Morgan fingerprint density at radius 2 is 2.33 bits per heavy atom. The first kappa shape index (κ1) is 14.2. The normalized spacial score (nSPS) is 14.8. The second-order valence-corrected chi connectivity index (χ2v) is 4.10. The molecule has 0 aliphatic carbocycles. The molecule has 8 nitrogen and oxygen atoms in total. The van der Waals surface area contributed by atoms with E-state index in [1.54, 1.807) is 18.9 Å². The Morgan fingerprint density at radius 3 is 2.94 bits per heavy atom. The Morgan fingerprint density at radius 1 is 1.61 bits per heavy atom. The molecular formula is C10H17N5O3. The molecule has 1 heterocycles. The largest absolute Gasteiger partial charge is 0.467 e. The summed E-state index contributed by atoms with van der Waals surface area (Å²) in [5.74, 6) is 0.118.